The third-order valence-electron chi connectivity index (χ3n) is 7.28. The van der Waals surface area contributed by atoms with E-state index in [0.29, 0.717) is 17.8 Å². The van der Waals surface area contributed by atoms with Crippen molar-refractivity contribution in [2.75, 3.05) is 5.01 Å². The molecule has 5 heteroatoms. The van der Waals surface area contributed by atoms with E-state index in [-0.39, 0.29) is 11.8 Å². The molecule has 1 unspecified atom stereocenters. The van der Waals surface area contributed by atoms with Crippen molar-refractivity contribution in [1.82, 2.24) is 0 Å². The van der Waals surface area contributed by atoms with Crippen molar-refractivity contribution < 1.29 is 9.90 Å². The van der Waals surface area contributed by atoms with Crippen molar-refractivity contribution in [3.8, 4) is 0 Å². The number of carbonyl (C=O) groups is 1. The van der Waals surface area contributed by atoms with Gasteiger partial charge in [0.2, 0.25) is 0 Å². The first-order valence-corrected chi connectivity index (χ1v) is 13.1. The number of rotatable bonds is 4. The second-order valence-corrected chi connectivity index (χ2v) is 10.4. The fraction of sp³-hybridized carbons (Fsp3) is 0.125. The van der Waals surface area contributed by atoms with Crippen molar-refractivity contribution in [2.45, 2.75) is 18.4 Å². The van der Waals surface area contributed by atoms with Crippen LogP contribution in [0.25, 0.3) is 5.57 Å². The maximum Gasteiger partial charge on any atom is 0.266 e. The fourth-order valence-electron chi connectivity index (χ4n) is 5.57. The summed E-state index contributed by atoms with van der Waals surface area (Å²) in [6.07, 6.45) is 1.57. The molecule has 1 aliphatic heterocycles. The SMILES string of the molecule is O=C1N(c2ccccc2)N=C(c2ccccc2)[C@]12C(c1ccccc1)=C[C@H](c1cccc(Br)c1)CC2O. The van der Waals surface area contributed by atoms with Gasteiger partial charge in [-0.3, -0.25) is 4.79 Å². The predicted molar refractivity (Wildman–Crippen MR) is 151 cm³/mol. The summed E-state index contributed by atoms with van der Waals surface area (Å²) >= 11 is 3.58. The third-order valence-corrected chi connectivity index (χ3v) is 7.78. The molecule has 2 aliphatic rings. The number of benzene rings is 4. The van der Waals surface area contributed by atoms with Crippen molar-refractivity contribution in [3.05, 3.63) is 143 Å². The molecular formula is C32H25BrN2O2. The van der Waals surface area contributed by atoms with Gasteiger partial charge in [-0.05, 0) is 52.9 Å². The first kappa shape index (κ1) is 23.6. The summed E-state index contributed by atoms with van der Waals surface area (Å²) < 4.78 is 0.980. The van der Waals surface area contributed by atoms with Crippen LogP contribution in [0.2, 0.25) is 0 Å². The number of halogens is 1. The molecule has 0 saturated carbocycles. The molecule has 0 bridgehead atoms. The standard InChI is InChI=1S/C32H25BrN2O2/c33-26-16-10-15-24(19-26)25-20-28(22-11-4-1-5-12-22)32(29(36)21-25)30(23-13-6-2-7-14-23)34-35(31(32)37)27-17-8-3-9-18-27/h1-20,25,29,36H,21H2/t25-,29?,32+/m0/s1. The number of hydrazone groups is 1. The first-order valence-electron chi connectivity index (χ1n) is 12.3. The van der Waals surface area contributed by atoms with Gasteiger partial charge in [-0.1, -0.05) is 113 Å². The van der Waals surface area contributed by atoms with Crippen molar-refractivity contribution >= 4 is 38.8 Å². The van der Waals surface area contributed by atoms with Gasteiger partial charge in [0, 0.05) is 10.4 Å². The minimum absolute atomic E-state index is 0.0658. The minimum Gasteiger partial charge on any atom is -0.391 e. The van der Waals surface area contributed by atoms with E-state index in [0.717, 1.165) is 26.7 Å². The highest BCUT2D eigenvalue weighted by molar-refractivity contribution is 9.10. The molecule has 182 valence electrons. The fourth-order valence-corrected chi connectivity index (χ4v) is 5.99. The number of para-hydroxylation sites is 1. The molecule has 1 aliphatic carbocycles. The maximum atomic E-state index is 14.6. The molecule has 3 atom stereocenters. The Morgan fingerprint density at radius 2 is 1.43 bits per heavy atom. The average molecular weight is 549 g/mol. The molecule has 0 aromatic heterocycles. The number of nitrogens with zero attached hydrogens (tertiary/aromatic N) is 2. The Labute approximate surface area is 224 Å². The van der Waals surface area contributed by atoms with Gasteiger partial charge in [0.05, 0.1) is 17.5 Å². The van der Waals surface area contributed by atoms with Crippen molar-refractivity contribution in [1.29, 1.82) is 0 Å². The van der Waals surface area contributed by atoms with Gasteiger partial charge in [0.25, 0.3) is 5.91 Å². The normalized spacial score (nSPS) is 23.2. The van der Waals surface area contributed by atoms with Gasteiger partial charge in [0.15, 0.2) is 0 Å². The number of hydrogen-bond donors (Lipinski definition) is 1. The second kappa shape index (κ2) is 9.58. The minimum atomic E-state index is -1.35. The highest BCUT2D eigenvalue weighted by Gasteiger charge is 2.61. The zero-order chi connectivity index (χ0) is 25.4. The monoisotopic (exact) mass is 548 g/mol. The van der Waals surface area contributed by atoms with Gasteiger partial charge in [-0.2, -0.15) is 10.1 Å². The Balaban J connectivity index is 1.61. The van der Waals surface area contributed by atoms with E-state index in [1.807, 2.05) is 103 Å². The highest BCUT2D eigenvalue weighted by Crippen LogP contribution is 2.53. The lowest BCUT2D eigenvalue weighted by atomic mass is 9.61. The molecule has 4 aromatic carbocycles. The number of anilines is 1. The molecule has 37 heavy (non-hydrogen) atoms. The largest absolute Gasteiger partial charge is 0.391 e. The molecular weight excluding hydrogens is 524 g/mol. The van der Waals surface area contributed by atoms with Gasteiger partial charge in [-0.15, -0.1) is 0 Å². The highest BCUT2D eigenvalue weighted by atomic mass is 79.9. The zero-order valence-electron chi connectivity index (χ0n) is 20.0. The van der Waals surface area contributed by atoms with Crippen LogP contribution in [0.3, 0.4) is 0 Å². The Morgan fingerprint density at radius 1 is 0.811 bits per heavy atom. The number of amides is 1. The molecule has 1 heterocycles. The van der Waals surface area contributed by atoms with Crippen LogP contribution in [-0.4, -0.2) is 22.8 Å². The lowest BCUT2D eigenvalue weighted by Crippen LogP contribution is -2.52. The molecule has 0 saturated heterocycles. The van der Waals surface area contributed by atoms with E-state index in [9.17, 15) is 9.90 Å². The summed E-state index contributed by atoms with van der Waals surface area (Å²) in [5.41, 5.74) is 3.47. The van der Waals surface area contributed by atoms with Gasteiger partial charge >= 0.3 is 0 Å². The van der Waals surface area contributed by atoms with Crippen LogP contribution in [-0.2, 0) is 4.79 Å². The topological polar surface area (TPSA) is 52.9 Å². The van der Waals surface area contributed by atoms with Gasteiger partial charge < -0.3 is 5.11 Å². The van der Waals surface area contributed by atoms with Crippen LogP contribution in [0.15, 0.2) is 131 Å². The van der Waals surface area contributed by atoms with Crippen LogP contribution >= 0.6 is 15.9 Å². The van der Waals surface area contributed by atoms with E-state index < -0.39 is 11.5 Å². The molecule has 6 rings (SSSR count). The second-order valence-electron chi connectivity index (χ2n) is 9.43. The number of aliphatic hydroxyl groups excluding tert-OH is 1. The van der Waals surface area contributed by atoms with E-state index in [2.05, 4.69) is 34.1 Å². The van der Waals surface area contributed by atoms with Crippen LogP contribution < -0.4 is 5.01 Å². The van der Waals surface area contributed by atoms with E-state index >= 15 is 0 Å². The third kappa shape index (κ3) is 3.95. The quantitative estimate of drug-likeness (QED) is 0.304. The summed E-state index contributed by atoms with van der Waals surface area (Å²) in [5.74, 6) is -0.309. The van der Waals surface area contributed by atoms with Gasteiger partial charge in [-0.25, -0.2) is 0 Å². The first-order chi connectivity index (χ1) is 18.1. The number of aliphatic hydroxyl groups is 1. The van der Waals surface area contributed by atoms with Crippen molar-refractivity contribution in [2.24, 2.45) is 10.5 Å². The van der Waals surface area contributed by atoms with E-state index in [1.54, 1.807) is 0 Å². The van der Waals surface area contributed by atoms with Gasteiger partial charge in [0.1, 0.15) is 5.41 Å². The Morgan fingerprint density at radius 3 is 2.08 bits per heavy atom. The lowest BCUT2D eigenvalue weighted by Gasteiger charge is -2.41. The van der Waals surface area contributed by atoms with Crippen LogP contribution in [0.1, 0.15) is 29.0 Å². The van der Waals surface area contributed by atoms with E-state index in [4.69, 9.17) is 5.10 Å². The number of carbonyl (C=O) groups excluding carboxylic acids is 1. The Bertz CT molecular complexity index is 1500. The number of allylic oxidation sites excluding steroid dienone is 1. The molecule has 4 nitrogen and oxygen atoms in total. The molecule has 1 spiro atoms. The maximum absolute atomic E-state index is 14.6. The molecule has 1 N–H and O–H groups in total. The van der Waals surface area contributed by atoms with E-state index in [1.165, 1.54) is 5.01 Å². The smallest absolute Gasteiger partial charge is 0.266 e. The Kier molecular flexibility index (Phi) is 6.11. The summed E-state index contributed by atoms with van der Waals surface area (Å²) in [6, 6.07) is 37.2. The van der Waals surface area contributed by atoms with Crippen molar-refractivity contribution in [3.63, 3.8) is 0 Å². The molecule has 0 fully saturated rings. The summed E-state index contributed by atoms with van der Waals surface area (Å²) in [5, 5.41) is 18.5. The summed E-state index contributed by atoms with van der Waals surface area (Å²) in [6.45, 7) is 0. The van der Waals surface area contributed by atoms with Crippen LogP contribution in [0.5, 0.6) is 0 Å². The summed E-state index contributed by atoms with van der Waals surface area (Å²) in [4.78, 5) is 14.6. The zero-order valence-corrected chi connectivity index (χ0v) is 21.6. The average Bonchev–Trinajstić information content (AvgIpc) is 3.25. The predicted octanol–water partition coefficient (Wildman–Crippen LogP) is 6.82. The summed E-state index contributed by atoms with van der Waals surface area (Å²) in [7, 11) is 0. The molecule has 0 radical (unpaired) electrons. The Hall–Kier alpha value is -3.80. The van der Waals surface area contributed by atoms with Crippen LogP contribution in [0.4, 0.5) is 5.69 Å². The molecule has 1 amide bonds. The lowest BCUT2D eigenvalue weighted by molar-refractivity contribution is -0.125. The number of hydrogen-bond acceptors (Lipinski definition) is 3. The molecule has 4 aromatic rings. The van der Waals surface area contributed by atoms with Crippen LogP contribution in [0, 0.1) is 5.41 Å².